The second-order valence-electron chi connectivity index (χ2n) is 5.59. The molecule has 0 saturated carbocycles. The van der Waals surface area contributed by atoms with Crippen LogP contribution >= 0.6 is 23.2 Å². The molecule has 8 heteroatoms. The van der Waals surface area contributed by atoms with E-state index in [-0.39, 0.29) is 22.9 Å². The fraction of sp³-hybridized carbons (Fsp3) is 0.250. The maximum Gasteiger partial charge on any atom is 0.143 e. The van der Waals surface area contributed by atoms with Crippen LogP contribution in [0.5, 0.6) is 11.5 Å². The van der Waals surface area contributed by atoms with Gasteiger partial charge in [0.05, 0.1) is 32.8 Å². The van der Waals surface area contributed by atoms with Crippen LogP contribution in [0, 0.1) is 27.7 Å². The molecule has 2 heterocycles. The molecule has 126 valence electrons. The fourth-order valence-electron chi connectivity index (χ4n) is 2.66. The number of hydrogen-bond acceptors (Lipinski definition) is 4. The molecule has 0 bridgehead atoms. The summed E-state index contributed by atoms with van der Waals surface area (Å²) in [6.45, 7) is 7.10. The zero-order chi connectivity index (χ0) is 17.8. The van der Waals surface area contributed by atoms with E-state index in [4.69, 9.17) is 23.2 Å². The molecule has 0 spiro atoms. The summed E-state index contributed by atoms with van der Waals surface area (Å²) in [6.07, 6.45) is 0. The Morgan fingerprint density at radius 1 is 0.750 bits per heavy atom. The molecule has 0 unspecified atom stereocenters. The molecule has 3 rings (SSSR count). The minimum absolute atomic E-state index is 0.0613. The van der Waals surface area contributed by atoms with Crippen molar-refractivity contribution in [2.75, 3.05) is 0 Å². The van der Waals surface area contributed by atoms with Crippen molar-refractivity contribution in [3.05, 3.63) is 45.0 Å². The van der Waals surface area contributed by atoms with E-state index in [2.05, 4.69) is 10.2 Å². The molecule has 24 heavy (non-hydrogen) atoms. The van der Waals surface area contributed by atoms with Gasteiger partial charge in [-0.05, 0) is 39.8 Å². The zero-order valence-electron chi connectivity index (χ0n) is 13.6. The van der Waals surface area contributed by atoms with Crippen molar-refractivity contribution < 1.29 is 10.2 Å². The topological polar surface area (TPSA) is 76.1 Å². The van der Waals surface area contributed by atoms with Crippen molar-refractivity contribution in [3.63, 3.8) is 0 Å². The average Bonchev–Trinajstić information content (AvgIpc) is 2.94. The molecule has 2 N–H and O–H groups in total. The van der Waals surface area contributed by atoms with E-state index in [1.165, 1.54) is 21.5 Å². The van der Waals surface area contributed by atoms with Crippen molar-refractivity contribution in [1.82, 2.24) is 19.6 Å². The molecular weight excluding hydrogens is 351 g/mol. The highest BCUT2D eigenvalue weighted by Crippen LogP contribution is 2.38. The molecule has 0 radical (unpaired) electrons. The van der Waals surface area contributed by atoms with E-state index in [1.54, 1.807) is 27.7 Å². The highest BCUT2D eigenvalue weighted by atomic mass is 35.5. The summed E-state index contributed by atoms with van der Waals surface area (Å²) in [4.78, 5) is 0. The Morgan fingerprint density at radius 2 is 1.08 bits per heavy atom. The lowest BCUT2D eigenvalue weighted by molar-refractivity contribution is 0.451. The molecule has 2 aromatic heterocycles. The van der Waals surface area contributed by atoms with Gasteiger partial charge in [-0.15, -0.1) is 0 Å². The maximum atomic E-state index is 10.4. The number of nitrogens with zero attached hydrogens (tertiary/aromatic N) is 4. The number of phenols is 2. The van der Waals surface area contributed by atoms with E-state index in [0.717, 1.165) is 0 Å². The molecule has 0 fully saturated rings. The van der Waals surface area contributed by atoms with Gasteiger partial charge in [-0.25, -0.2) is 9.36 Å². The Bertz CT molecular complexity index is 883. The number of aryl methyl sites for hydroxylation is 2. The molecule has 1 aromatic carbocycles. The van der Waals surface area contributed by atoms with Crippen LogP contribution in [0.2, 0.25) is 10.0 Å². The van der Waals surface area contributed by atoms with Crippen LogP contribution in [0.15, 0.2) is 12.1 Å². The molecule has 0 aliphatic heterocycles. The van der Waals surface area contributed by atoms with Crippen molar-refractivity contribution in [3.8, 4) is 22.9 Å². The first-order valence-electron chi connectivity index (χ1n) is 7.23. The molecule has 0 amide bonds. The first kappa shape index (κ1) is 16.7. The van der Waals surface area contributed by atoms with Gasteiger partial charge in [-0.1, -0.05) is 23.2 Å². The number of phenolic OH excluding ortho intramolecular Hbond substituents is 2. The third-order valence-electron chi connectivity index (χ3n) is 3.94. The van der Waals surface area contributed by atoms with Crippen molar-refractivity contribution in [2.24, 2.45) is 0 Å². The van der Waals surface area contributed by atoms with Gasteiger partial charge < -0.3 is 10.2 Å². The second kappa shape index (κ2) is 5.72. The first-order chi connectivity index (χ1) is 11.2. The van der Waals surface area contributed by atoms with Crippen LogP contribution in [0.4, 0.5) is 0 Å². The summed E-state index contributed by atoms with van der Waals surface area (Å²) >= 11 is 12.5. The normalized spacial score (nSPS) is 11.2. The standard InChI is InChI=1S/C16H16Cl2N4O2/c1-7-13(17)9(3)21(19-7)15-11(23)5-6-12(24)16(15)22-10(4)14(18)8(2)20-22/h5-6,23-24H,1-4H3. The van der Waals surface area contributed by atoms with E-state index >= 15 is 0 Å². The Hall–Kier alpha value is -2.18. The summed E-state index contributed by atoms with van der Waals surface area (Å²) in [5.74, 6) is -0.123. The van der Waals surface area contributed by atoms with Crippen LogP contribution in [0.3, 0.4) is 0 Å². The summed E-state index contributed by atoms with van der Waals surface area (Å²) in [5.41, 5.74) is 3.09. The molecule has 0 aliphatic rings. The summed E-state index contributed by atoms with van der Waals surface area (Å²) in [6, 6.07) is 2.79. The number of aromatic hydroxyl groups is 2. The Labute approximate surface area is 148 Å². The van der Waals surface area contributed by atoms with Gasteiger partial charge in [0.1, 0.15) is 22.9 Å². The maximum absolute atomic E-state index is 10.4. The lowest BCUT2D eigenvalue weighted by Gasteiger charge is -2.16. The minimum atomic E-state index is -0.0613. The van der Waals surface area contributed by atoms with Gasteiger partial charge in [0.25, 0.3) is 0 Å². The first-order valence-corrected chi connectivity index (χ1v) is 7.98. The van der Waals surface area contributed by atoms with Crippen LogP contribution in [-0.4, -0.2) is 29.8 Å². The predicted octanol–water partition coefficient (Wildman–Crippen LogP) is 4.01. The number of aromatic nitrogens is 4. The van der Waals surface area contributed by atoms with E-state index < -0.39 is 0 Å². The van der Waals surface area contributed by atoms with Crippen LogP contribution in [-0.2, 0) is 0 Å². The quantitative estimate of drug-likeness (QED) is 0.671. The minimum Gasteiger partial charge on any atom is -0.506 e. The van der Waals surface area contributed by atoms with Gasteiger partial charge in [0.2, 0.25) is 0 Å². The highest BCUT2D eigenvalue weighted by molar-refractivity contribution is 6.32. The van der Waals surface area contributed by atoms with Gasteiger partial charge >= 0.3 is 0 Å². The van der Waals surface area contributed by atoms with Crippen molar-refractivity contribution >= 4 is 23.2 Å². The monoisotopic (exact) mass is 366 g/mol. The molecular formula is C16H16Cl2N4O2. The molecule has 3 aromatic rings. The number of rotatable bonds is 2. The third kappa shape index (κ3) is 2.34. The summed E-state index contributed by atoms with van der Waals surface area (Å²) in [7, 11) is 0. The largest absolute Gasteiger partial charge is 0.506 e. The SMILES string of the molecule is Cc1nn(-c2c(O)ccc(O)c2-n2nc(C)c(Cl)c2C)c(C)c1Cl. The highest BCUT2D eigenvalue weighted by Gasteiger charge is 2.24. The average molecular weight is 367 g/mol. The van der Waals surface area contributed by atoms with Gasteiger partial charge in [-0.3, -0.25) is 0 Å². The van der Waals surface area contributed by atoms with Crippen LogP contribution in [0.1, 0.15) is 22.8 Å². The van der Waals surface area contributed by atoms with Crippen molar-refractivity contribution in [1.29, 1.82) is 0 Å². The predicted molar refractivity (Wildman–Crippen MR) is 93.0 cm³/mol. The molecule has 0 saturated heterocycles. The number of benzene rings is 1. The third-order valence-corrected chi connectivity index (χ3v) is 5.03. The molecule has 0 aliphatic carbocycles. The van der Waals surface area contributed by atoms with Gasteiger partial charge in [0, 0.05) is 0 Å². The van der Waals surface area contributed by atoms with E-state index in [1.807, 2.05) is 0 Å². The van der Waals surface area contributed by atoms with Gasteiger partial charge in [-0.2, -0.15) is 10.2 Å². The van der Waals surface area contributed by atoms with Gasteiger partial charge in [0.15, 0.2) is 0 Å². The van der Waals surface area contributed by atoms with Crippen LogP contribution in [0.25, 0.3) is 11.4 Å². The number of hydrogen-bond donors (Lipinski definition) is 2. The number of halogens is 2. The Kier molecular flexibility index (Phi) is 3.97. The summed E-state index contributed by atoms with van der Waals surface area (Å²) < 4.78 is 2.98. The fourth-order valence-corrected chi connectivity index (χ4v) is 2.89. The molecule has 0 atom stereocenters. The van der Waals surface area contributed by atoms with Crippen LogP contribution < -0.4 is 0 Å². The summed E-state index contributed by atoms with van der Waals surface area (Å²) in [5, 5.41) is 30.6. The smallest absolute Gasteiger partial charge is 0.143 e. The Balaban J connectivity index is 2.41. The lowest BCUT2D eigenvalue weighted by Crippen LogP contribution is -2.09. The Morgan fingerprint density at radius 3 is 1.33 bits per heavy atom. The van der Waals surface area contributed by atoms with E-state index in [9.17, 15) is 10.2 Å². The lowest BCUT2D eigenvalue weighted by atomic mass is 10.2. The van der Waals surface area contributed by atoms with Crippen molar-refractivity contribution in [2.45, 2.75) is 27.7 Å². The second-order valence-corrected chi connectivity index (χ2v) is 6.35. The zero-order valence-corrected chi connectivity index (χ0v) is 15.1. The van der Waals surface area contributed by atoms with E-state index in [0.29, 0.717) is 32.8 Å². The molecule has 6 nitrogen and oxygen atoms in total.